The van der Waals surface area contributed by atoms with Gasteiger partial charge in [0, 0.05) is 31.1 Å². The second-order valence-electron chi connectivity index (χ2n) is 5.84. The Bertz CT molecular complexity index is 623. The van der Waals surface area contributed by atoms with E-state index in [2.05, 4.69) is 26.3 Å². The first kappa shape index (κ1) is 13.0. The van der Waals surface area contributed by atoms with Crippen molar-refractivity contribution in [3.05, 3.63) is 30.6 Å². The molecule has 0 bridgehead atoms. The highest BCUT2D eigenvalue weighted by atomic mass is 16.5. The summed E-state index contributed by atoms with van der Waals surface area (Å²) in [6.07, 6.45) is 4.57. The lowest BCUT2D eigenvalue weighted by molar-refractivity contribution is -0.0241. The van der Waals surface area contributed by atoms with Crippen molar-refractivity contribution in [2.45, 2.75) is 25.0 Å². The maximum Gasteiger partial charge on any atom is 0.137 e. The summed E-state index contributed by atoms with van der Waals surface area (Å²) in [5.74, 6) is 0.896. The van der Waals surface area contributed by atoms with Crippen LogP contribution in [0, 0.1) is 0 Å². The molecule has 1 atom stereocenters. The number of nitrogens with one attached hydrogen (secondary N) is 1. The van der Waals surface area contributed by atoms with Crippen molar-refractivity contribution in [1.82, 2.24) is 14.9 Å². The van der Waals surface area contributed by atoms with Gasteiger partial charge in [0.1, 0.15) is 12.1 Å². The zero-order chi connectivity index (χ0) is 14.1. The van der Waals surface area contributed by atoms with Crippen molar-refractivity contribution in [1.29, 1.82) is 0 Å². The summed E-state index contributed by atoms with van der Waals surface area (Å²) in [7, 11) is 0. The first-order valence-corrected chi connectivity index (χ1v) is 7.69. The van der Waals surface area contributed by atoms with Gasteiger partial charge in [-0.15, -0.1) is 0 Å². The molecule has 0 spiro atoms. The predicted octanol–water partition coefficient (Wildman–Crippen LogP) is 1.90. The van der Waals surface area contributed by atoms with Gasteiger partial charge in [-0.1, -0.05) is 12.1 Å². The molecule has 1 aromatic heterocycles. The first-order chi connectivity index (χ1) is 10.4. The number of rotatable bonds is 4. The summed E-state index contributed by atoms with van der Waals surface area (Å²) in [6, 6.07) is 8.89. The summed E-state index contributed by atoms with van der Waals surface area (Å²) in [6.45, 7) is 3.75. The van der Waals surface area contributed by atoms with E-state index in [-0.39, 0.29) is 6.10 Å². The third kappa shape index (κ3) is 2.84. The summed E-state index contributed by atoms with van der Waals surface area (Å²) >= 11 is 0. The van der Waals surface area contributed by atoms with E-state index in [4.69, 9.17) is 4.74 Å². The highest BCUT2D eigenvalue weighted by Crippen LogP contribution is 2.28. The van der Waals surface area contributed by atoms with Crippen LogP contribution < -0.4 is 5.32 Å². The van der Waals surface area contributed by atoms with Crippen molar-refractivity contribution < 1.29 is 4.74 Å². The molecular weight excluding hydrogens is 264 g/mol. The number of para-hydroxylation sites is 1. The Hall–Kier alpha value is -1.72. The van der Waals surface area contributed by atoms with Gasteiger partial charge in [-0.05, 0) is 25.0 Å². The monoisotopic (exact) mass is 284 g/mol. The van der Waals surface area contributed by atoms with Gasteiger partial charge in [-0.3, -0.25) is 4.90 Å². The minimum atomic E-state index is 0.244. The van der Waals surface area contributed by atoms with Crippen LogP contribution in [0.15, 0.2) is 30.6 Å². The van der Waals surface area contributed by atoms with Crippen LogP contribution in [0.1, 0.15) is 12.8 Å². The minimum absolute atomic E-state index is 0.244. The minimum Gasteiger partial charge on any atom is -0.374 e. The molecule has 21 heavy (non-hydrogen) atoms. The zero-order valence-corrected chi connectivity index (χ0v) is 12.0. The second kappa shape index (κ2) is 5.58. The van der Waals surface area contributed by atoms with Gasteiger partial charge in [0.25, 0.3) is 0 Å². The number of hydrogen-bond donors (Lipinski definition) is 1. The SMILES string of the molecule is c1ccc2c(NC[C@@H]3CN(C4CC4)CCO3)ncnc2c1. The van der Waals surface area contributed by atoms with Crippen LogP contribution in [0.2, 0.25) is 0 Å². The Morgan fingerprint density at radius 3 is 3.05 bits per heavy atom. The molecule has 1 N–H and O–H groups in total. The normalized spacial score (nSPS) is 23.3. The van der Waals surface area contributed by atoms with Crippen LogP contribution in [-0.4, -0.2) is 53.3 Å². The molecule has 2 fully saturated rings. The highest BCUT2D eigenvalue weighted by molar-refractivity contribution is 5.88. The molecule has 5 nitrogen and oxygen atoms in total. The van der Waals surface area contributed by atoms with E-state index < -0.39 is 0 Å². The zero-order valence-electron chi connectivity index (χ0n) is 12.0. The Kier molecular flexibility index (Phi) is 3.45. The van der Waals surface area contributed by atoms with Gasteiger partial charge in [0.05, 0.1) is 18.2 Å². The maximum absolute atomic E-state index is 5.87. The van der Waals surface area contributed by atoms with Crippen LogP contribution in [-0.2, 0) is 4.74 Å². The molecule has 110 valence electrons. The number of aromatic nitrogens is 2. The van der Waals surface area contributed by atoms with Crippen molar-refractivity contribution >= 4 is 16.7 Å². The van der Waals surface area contributed by atoms with Crippen molar-refractivity contribution in [3.8, 4) is 0 Å². The molecule has 2 aliphatic rings. The van der Waals surface area contributed by atoms with E-state index in [9.17, 15) is 0 Å². The highest BCUT2D eigenvalue weighted by Gasteiger charge is 2.32. The van der Waals surface area contributed by atoms with E-state index in [1.54, 1.807) is 6.33 Å². The lowest BCUT2D eigenvalue weighted by atomic mass is 10.2. The third-order valence-electron chi connectivity index (χ3n) is 4.27. The average Bonchev–Trinajstić information content (AvgIpc) is 3.38. The van der Waals surface area contributed by atoms with Gasteiger partial charge >= 0.3 is 0 Å². The molecule has 1 aliphatic carbocycles. The first-order valence-electron chi connectivity index (χ1n) is 7.69. The van der Waals surface area contributed by atoms with E-state index in [1.165, 1.54) is 12.8 Å². The largest absolute Gasteiger partial charge is 0.374 e. The smallest absolute Gasteiger partial charge is 0.137 e. The summed E-state index contributed by atoms with van der Waals surface area (Å²) in [5, 5.41) is 4.50. The van der Waals surface area contributed by atoms with Gasteiger partial charge in [0.2, 0.25) is 0 Å². The molecule has 5 heteroatoms. The van der Waals surface area contributed by atoms with Crippen LogP contribution in [0.4, 0.5) is 5.82 Å². The lowest BCUT2D eigenvalue weighted by Crippen LogP contribution is -2.46. The number of benzene rings is 1. The molecule has 0 radical (unpaired) electrons. The Morgan fingerprint density at radius 1 is 1.24 bits per heavy atom. The third-order valence-corrected chi connectivity index (χ3v) is 4.27. The fourth-order valence-corrected chi connectivity index (χ4v) is 2.99. The molecule has 1 aromatic carbocycles. The average molecular weight is 284 g/mol. The van der Waals surface area contributed by atoms with Gasteiger partial charge in [0.15, 0.2) is 0 Å². The Morgan fingerprint density at radius 2 is 2.14 bits per heavy atom. The summed E-state index contributed by atoms with van der Waals surface area (Å²) in [4.78, 5) is 11.2. The molecule has 4 rings (SSSR count). The van der Waals surface area contributed by atoms with Crippen LogP contribution >= 0.6 is 0 Å². The molecule has 2 aromatic rings. The molecule has 1 saturated heterocycles. The number of hydrogen-bond acceptors (Lipinski definition) is 5. The number of nitrogens with zero attached hydrogens (tertiary/aromatic N) is 3. The van der Waals surface area contributed by atoms with Crippen LogP contribution in [0.3, 0.4) is 0 Å². The number of fused-ring (bicyclic) bond motifs is 1. The molecule has 0 amide bonds. The number of anilines is 1. The van der Waals surface area contributed by atoms with Crippen LogP contribution in [0.25, 0.3) is 10.9 Å². The molecule has 1 saturated carbocycles. The second-order valence-corrected chi connectivity index (χ2v) is 5.84. The Labute approximate surface area is 124 Å². The van der Waals surface area contributed by atoms with Crippen molar-refractivity contribution in [2.24, 2.45) is 0 Å². The van der Waals surface area contributed by atoms with E-state index in [1.807, 2.05) is 18.2 Å². The van der Waals surface area contributed by atoms with Gasteiger partial charge in [-0.2, -0.15) is 0 Å². The molecule has 2 heterocycles. The van der Waals surface area contributed by atoms with E-state index in [0.29, 0.717) is 0 Å². The summed E-state index contributed by atoms with van der Waals surface area (Å²) in [5.41, 5.74) is 0.971. The van der Waals surface area contributed by atoms with E-state index in [0.717, 1.165) is 49.0 Å². The quantitative estimate of drug-likeness (QED) is 0.929. The van der Waals surface area contributed by atoms with Gasteiger partial charge in [-0.25, -0.2) is 9.97 Å². The standard InChI is InChI=1S/C16H20N4O/c1-2-4-15-14(3-1)16(19-11-18-15)17-9-13-10-20(7-8-21-13)12-5-6-12/h1-4,11-13H,5-10H2,(H,17,18,19)/t13-/m1/s1. The lowest BCUT2D eigenvalue weighted by Gasteiger charge is -2.33. The topological polar surface area (TPSA) is 50.3 Å². The van der Waals surface area contributed by atoms with Crippen LogP contribution in [0.5, 0.6) is 0 Å². The van der Waals surface area contributed by atoms with Crippen molar-refractivity contribution in [2.75, 3.05) is 31.6 Å². The number of ether oxygens (including phenoxy) is 1. The molecule has 1 aliphatic heterocycles. The summed E-state index contributed by atoms with van der Waals surface area (Å²) < 4.78 is 5.87. The number of morpholine rings is 1. The van der Waals surface area contributed by atoms with Gasteiger partial charge < -0.3 is 10.1 Å². The molecule has 0 unspecified atom stereocenters. The molecular formula is C16H20N4O. The van der Waals surface area contributed by atoms with Crippen molar-refractivity contribution in [3.63, 3.8) is 0 Å². The predicted molar refractivity (Wildman–Crippen MR) is 82.4 cm³/mol. The van der Waals surface area contributed by atoms with E-state index >= 15 is 0 Å². The Balaban J connectivity index is 1.43. The fraction of sp³-hybridized carbons (Fsp3) is 0.500. The fourth-order valence-electron chi connectivity index (χ4n) is 2.99. The maximum atomic E-state index is 5.87.